The fourth-order valence-corrected chi connectivity index (χ4v) is 1.54. The average molecular weight is 280 g/mol. The first-order chi connectivity index (χ1) is 9.51. The Morgan fingerprint density at radius 1 is 1.55 bits per heavy atom. The van der Waals surface area contributed by atoms with Crippen LogP contribution in [0.15, 0.2) is 24.5 Å². The van der Waals surface area contributed by atoms with E-state index in [1.54, 1.807) is 0 Å². The number of methoxy groups -OCH3 is 1. The van der Waals surface area contributed by atoms with Crippen LogP contribution < -0.4 is 0 Å². The van der Waals surface area contributed by atoms with E-state index in [-0.39, 0.29) is 12.4 Å². The summed E-state index contributed by atoms with van der Waals surface area (Å²) in [6.45, 7) is 0.124. The highest BCUT2D eigenvalue weighted by molar-refractivity contribution is 5.84. The summed E-state index contributed by atoms with van der Waals surface area (Å²) in [5.41, 5.74) is -0.142. The first kappa shape index (κ1) is 13.6. The number of nitro benzene ring substituents is 1. The first-order valence-corrected chi connectivity index (χ1v) is 5.42. The maximum atomic E-state index is 13.4. The molecule has 2 aromatic rings. The van der Waals surface area contributed by atoms with Crippen LogP contribution in [0.2, 0.25) is 0 Å². The number of hydrogen-bond acceptors (Lipinski definition) is 6. The molecule has 0 spiro atoms. The van der Waals surface area contributed by atoms with E-state index in [0.717, 1.165) is 12.1 Å². The molecule has 0 saturated heterocycles. The third kappa shape index (κ3) is 2.76. The lowest BCUT2D eigenvalue weighted by atomic mass is 10.2. The SMILES string of the molecule is COC(=O)c1ncn(Cc2ccc([N+](=O)[O-])c(F)c2)n1. The molecule has 0 amide bonds. The zero-order chi connectivity index (χ0) is 14.7. The number of rotatable bonds is 4. The van der Waals surface area contributed by atoms with Gasteiger partial charge in [0.2, 0.25) is 5.82 Å². The average Bonchev–Trinajstić information content (AvgIpc) is 2.86. The second-order valence-corrected chi connectivity index (χ2v) is 3.80. The van der Waals surface area contributed by atoms with E-state index >= 15 is 0 Å². The second-order valence-electron chi connectivity index (χ2n) is 3.80. The quantitative estimate of drug-likeness (QED) is 0.473. The molecule has 0 atom stereocenters. The Bertz CT molecular complexity index is 670. The molecular formula is C11H9FN4O4. The summed E-state index contributed by atoms with van der Waals surface area (Å²) < 4.78 is 19.2. The molecule has 1 heterocycles. The van der Waals surface area contributed by atoms with Crippen molar-refractivity contribution in [3.63, 3.8) is 0 Å². The van der Waals surface area contributed by atoms with Crippen LogP contribution in [0.4, 0.5) is 10.1 Å². The molecule has 20 heavy (non-hydrogen) atoms. The van der Waals surface area contributed by atoms with Gasteiger partial charge in [-0.2, -0.15) is 4.39 Å². The standard InChI is InChI=1S/C11H9FN4O4/c1-20-11(17)10-13-6-15(14-10)5-7-2-3-9(16(18)19)8(12)4-7/h2-4,6H,5H2,1H3. The predicted molar refractivity (Wildman–Crippen MR) is 63.5 cm³/mol. The maximum Gasteiger partial charge on any atom is 0.377 e. The van der Waals surface area contributed by atoms with Crippen LogP contribution in [0, 0.1) is 15.9 Å². The number of esters is 1. The molecule has 0 bridgehead atoms. The van der Waals surface area contributed by atoms with Gasteiger partial charge in [0, 0.05) is 6.07 Å². The van der Waals surface area contributed by atoms with Crippen molar-refractivity contribution >= 4 is 11.7 Å². The smallest absolute Gasteiger partial charge is 0.377 e. The molecule has 0 radical (unpaired) electrons. The van der Waals surface area contributed by atoms with Gasteiger partial charge in [-0.3, -0.25) is 10.1 Å². The summed E-state index contributed by atoms with van der Waals surface area (Å²) >= 11 is 0. The Morgan fingerprint density at radius 2 is 2.30 bits per heavy atom. The summed E-state index contributed by atoms with van der Waals surface area (Å²) in [4.78, 5) is 24.6. The van der Waals surface area contributed by atoms with Crippen LogP contribution in [0.3, 0.4) is 0 Å². The third-order valence-corrected chi connectivity index (χ3v) is 2.46. The van der Waals surface area contributed by atoms with Gasteiger partial charge in [0.1, 0.15) is 6.33 Å². The van der Waals surface area contributed by atoms with Crippen molar-refractivity contribution in [2.24, 2.45) is 0 Å². The van der Waals surface area contributed by atoms with E-state index in [1.807, 2.05) is 0 Å². The van der Waals surface area contributed by atoms with Crippen molar-refractivity contribution in [2.45, 2.75) is 6.54 Å². The Balaban J connectivity index is 2.18. The van der Waals surface area contributed by atoms with Crippen LogP contribution in [0.1, 0.15) is 16.2 Å². The molecule has 0 fully saturated rings. The van der Waals surface area contributed by atoms with Crippen molar-refractivity contribution in [3.05, 3.63) is 51.8 Å². The first-order valence-electron chi connectivity index (χ1n) is 5.42. The summed E-state index contributed by atoms with van der Waals surface area (Å²) in [5, 5.41) is 14.3. The zero-order valence-electron chi connectivity index (χ0n) is 10.3. The lowest BCUT2D eigenvalue weighted by molar-refractivity contribution is -0.387. The normalized spacial score (nSPS) is 10.3. The van der Waals surface area contributed by atoms with E-state index in [1.165, 1.54) is 24.2 Å². The molecule has 8 nitrogen and oxygen atoms in total. The lowest BCUT2D eigenvalue weighted by Gasteiger charge is -2.01. The molecule has 0 aliphatic carbocycles. The van der Waals surface area contributed by atoms with Gasteiger partial charge in [0.25, 0.3) is 5.82 Å². The largest absolute Gasteiger partial charge is 0.463 e. The molecule has 0 N–H and O–H groups in total. The van der Waals surface area contributed by atoms with E-state index in [4.69, 9.17) is 0 Å². The number of hydrogen-bond donors (Lipinski definition) is 0. The zero-order valence-corrected chi connectivity index (χ0v) is 10.3. The van der Waals surface area contributed by atoms with Gasteiger partial charge in [0.05, 0.1) is 18.6 Å². The minimum atomic E-state index is -0.930. The van der Waals surface area contributed by atoms with Crippen molar-refractivity contribution in [2.75, 3.05) is 7.11 Å². The molecule has 0 saturated carbocycles. The highest BCUT2D eigenvalue weighted by atomic mass is 19.1. The molecule has 0 aliphatic heterocycles. The molecule has 9 heteroatoms. The van der Waals surface area contributed by atoms with Gasteiger partial charge in [0.15, 0.2) is 0 Å². The van der Waals surface area contributed by atoms with Crippen molar-refractivity contribution in [1.82, 2.24) is 14.8 Å². The molecule has 2 rings (SSSR count). The van der Waals surface area contributed by atoms with E-state index in [0.29, 0.717) is 5.56 Å². The van der Waals surface area contributed by atoms with Crippen LogP contribution >= 0.6 is 0 Å². The predicted octanol–water partition coefficient (Wildman–Crippen LogP) is 1.16. The monoisotopic (exact) mass is 280 g/mol. The van der Waals surface area contributed by atoms with Gasteiger partial charge in [-0.1, -0.05) is 6.07 Å². The van der Waals surface area contributed by atoms with E-state index in [9.17, 15) is 19.3 Å². The number of aromatic nitrogens is 3. The number of ether oxygens (including phenoxy) is 1. The summed E-state index contributed by atoms with van der Waals surface area (Å²) in [6.07, 6.45) is 1.28. The number of nitro groups is 1. The van der Waals surface area contributed by atoms with Gasteiger partial charge in [-0.25, -0.2) is 14.5 Å². The molecule has 1 aromatic heterocycles. The summed E-state index contributed by atoms with van der Waals surface area (Å²) in [7, 11) is 1.20. The summed E-state index contributed by atoms with van der Waals surface area (Å²) in [5.74, 6) is -1.73. The van der Waals surface area contributed by atoms with E-state index < -0.39 is 22.4 Å². The number of benzene rings is 1. The number of carbonyl (C=O) groups excluding carboxylic acids is 1. The highest BCUT2D eigenvalue weighted by Crippen LogP contribution is 2.18. The molecular weight excluding hydrogens is 271 g/mol. The van der Waals surface area contributed by atoms with Crippen LogP contribution in [-0.4, -0.2) is 32.8 Å². The van der Waals surface area contributed by atoms with Gasteiger partial charge in [-0.05, 0) is 11.6 Å². The second kappa shape index (κ2) is 5.43. The molecule has 1 aromatic carbocycles. The Labute approximate surface area is 112 Å². The Kier molecular flexibility index (Phi) is 3.69. The molecule has 0 aliphatic rings. The Hall–Kier alpha value is -2.84. The number of carbonyl (C=O) groups is 1. The maximum absolute atomic E-state index is 13.4. The van der Waals surface area contributed by atoms with Crippen molar-refractivity contribution in [1.29, 1.82) is 0 Å². The van der Waals surface area contributed by atoms with Gasteiger partial charge < -0.3 is 4.74 Å². The Morgan fingerprint density at radius 3 is 2.90 bits per heavy atom. The molecule has 0 unspecified atom stereocenters. The third-order valence-electron chi connectivity index (χ3n) is 2.46. The summed E-state index contributed by atoms with van der Waals surface area (Å²) in [6, 6.07) is 3.52. The van der Waals surface area contributed by atoms with Crippen LogP contribution in [-0.2, 0) is 11.3 Å². The number of halogens is 1. The molecule has 104 valence electrons. The fraction of sp³-hybridized carbons (Fsp3) is 0.182. The van der Waals surface area contributed by atoms with Crippen molar-refractivity contribution in [3.8, 4) is 0 Å². The van der Waals surface area contributed by atoms with Crippen LogP contribution in [0.25, 0.3) is 0 Å². The highest BCUT2D eigenvalue weighted by Gasteiger charge is 2.15. The lowest BCUT2D eigenvalue weighted by Crippen LogP contribution is -2.06. The fourth-order valence-electron chi connectivity index (χ4n) is 1.54. The minimum absolute atomic E-state index is 0.116. The number of nitrogens with zero attached hydrogens (tertiary/aromatic N) is 4. The van der Waals surface area contributed by atoms with Crippen LogP contribution in [0.5, 0.6) is 0 Å². The van der Waals surface area contributed by atoms with Crippen molar-refractivity contribution < 1.29 is 18.8 Å². The van der Waals surface area contributed by atoms with E-state index in [2.05, 4.69) is 14.8 Å². The van der Waals surface area contributed by atoms with Gasteiger partial charge >= 0.3 is 11.7 Å². The van der Waals surface area contributed by atoms with Gasteiger partial charge in [-0.15, -0.1) is 5.10 Å². The topological polar surface area (TPSA) is 100 Å². The minimum Gasteiger partial charge on any atom is -0.463 e.